The van der Waals surface area contributed by atoms with Gasteiger partial charge in [0.1, 0.15) is 0 Å². The Labute approximate surface area is 127 Å². The van der Waals surface area contributed by atoms with Gasteiger partial charge >= 0.3 is 5.97 Å². The molecule has 2 aromatic rings. The fourth-order valence-corrected chi connectivity index (χ4v) is 2.70. The highest BCUT2D eigenvalue weighted by atomic mass is 16.5. The van der Waals surface area contributed by atoms with E-state index in [0.29, 0.717) is 11.6 Å². The summed E-state index contributed by atoms with van der Waals surface area (Å²) < 4.78 is 4.68. The van der Waals surface area contributed by atoms with Crippen molar-refractivity contribution in [1.82, 2.24) is 25.5 Å². The molecule has 0 saturated carbocycles. The van der Waals surface area contributed by atoms with Gasteiger partial charge in [0, 0.05) is 17.2 Å². The van der Waals surface area contributed by atoms with Crippen LogP contribution in [0.4, 0.5) is 5.82 Å². The van der Waals surface area contributed by atoms with Crippen molar-refractivity contribution in [2.24, 2.45) is 0 Å². The second kappa shape index (κ2) is 6.10. The van der Waals surface area contributed by atoms with Gasteiger partial charge in [0.15, 0.2) is 11.5 Å². The molecule has 116 valence electrons. The Morgan fingerprint density at radius 2 is 2.14 bits per heavy atom. The normalized spacial score (nSPS) is 15.7. The van der Waals surface area contributed by atoms with Crippen LogP contribution in [0.1, 0.15) is 34.9 Å². The van der Waals surface area contributed by atoms with Crippen molar-refractivity contribution < 1.29 is 9.53 Å². The van der Waals surface area contributed by atoms with E-state index in [1.54, 1.807) is 12.4 Å². The van der Waals surface area contributed by atoms with Gasteiger partial charge < -0.3 is 15.8 Å². The minimum Gasteiger partial charge on any atom is -0.464 e. The van der Waals surface area contributed by atoms with Crippen LogP contribution in [0.15, 0.2) is 12.4 Å². The number of aromatic nitrogens is 4. The first kappa shape index (κ1) is 14.5. The Morgan fingerprint density at radius 3 is 2.86 bits per heavy atom. The zero-order valence-electron chi connectivity index (χ0n) is 12.3. The van der Waals surface area contributed by atoms with Gasteiger partial charge in [-0.1, -0.05) is 0 Å². The van der Waals surface area contributed by atoms with Gasteiger partial charge in [-0.3, -0.25) is 5.10 Å². The lowest BCUT2D eigenvalue weighted by molar-refractivity contribution is 0.0595. The van der Waals surface area contributed by atoms with Crippen molar-refractivity contribution in [1.29, 1.82) is 0 Å². The number of H-pyrrole nitrogens is 1. The standard InChI is InChI=1S/C14H18N6O2/c1-22-14(21)12-13(15)17-7-10(19-12)9-6-18-20-11(9)8-2-4-16-5-3-8/h6-8,16H,2-5H2,1H3,(H2,15,17)(H,18,20). The van der Waals surface area contributed by atoms with Crippen molar-refractivity contribution in [2.75, 3.05) is 25.9 Å². The summed E-state index contributed by atoms with van der Waals surface area (Å²) in [4.78, 5) is 20.1. The van der Waals surface area contributed by atoms with Crippen LogP contribution in [0.25, 0.3) is 11.3 Å². The van der Waals surface area contributed by atoms with E-state index < -0.39 is 5.97 Å². The lowest BCUT2D eigenvalue weighted by atomic mass is 9.91. The molecule has 3 rings (SSSR count). The quantitative estimate of drug-likeness (QED) is 0.714. The van der Waals surface area contributed by atoms with Crippen molar-refractivity contribution in [3.05, 3.63) is 23.8 Å². The number of carbonyl (C=O) groups is 1. The number of nitrogen functional groups attached to an aromatic ring is 1. The number of hydrogen-bond acceptors (Lipinski definition) is 7. The minimum atomic E-state index is -0.598. The molecule has 0 amide bonds. The highest BCUT2D eigenvalue weighted by Crippen LogP contribution is 2.31. The second-order valence-electron chi connectivity index (χ2n) is 5.20. The fraction of sp³-hybridized carbons (Fsp3) is 0.429. The number of ether oxygens (including phenoxy) is 1. The molecule has 0 atom stereocenters. The summed E-state index contributed by atoms with van der Waals surface area (Å²) in [5.74, 6) is -0.152. The molecule has 8 nitrogen and oxygen atoms in total. The Hall–Kier alpha value is -2.48. The highest BCUT2D eigenvalue weighted by molar-refractivity contribution is 5.92. The first-order valence-corrected chi connectivity index (χ1v) is 7.16. The van der Waals surface area contributed by atoms with Gasteiger partial charge in [-0.25, -0.2) is 14.8 Å². The second-order valence-corrected chi connectivity index (χ2v) is 5.20. The first-order chi connectivity index (χ1) is 10.7. The van der Waals surface area contributed by atoms with Crippen LogP contribution >= 0.6 is 0 Å². The van der Waals surface area contributed by atoms with E-state index in [-0.39, 0.29) is 11.5 Å². The molecule has 0 aromatic carbocycles. The number of methoxy groups -OCH3 is 1. The van der Waals surface area contributed by atoms with Crippen LogP contribution in [0.3, 0.4) is 0 Å². The summed E-state index contributed by atoms with van der Waals surface area (Å²) in [6.45, 7) is 1.95. The number of nitrogens with zero attached hydrogens (tertiary/aromatic N) is 3. The molecule has 22 heavy (non-hydrogen) atoms. The Bertz CT molecular complexity index is 678. The molecule has 0 spiro atoms. The molecule has 0 bridgehead atoms. The van der Waals surface area contributed by atoms with Gasteiger partial charge in [-0.2, -0.15) is 5.10 Å². The number of hydrogen-bond donors (Lipinski definition) is 3. The van der Waals surface area contributed by atoms with E-state index in [1.165, 1.54) is 7.11 Å². The summed E-state index contributed by atoms with van der Waals surface area (Å²) >= 11 is 0. The summed E-state index contributed by atoms with van der Waals surface area (Å²) in [6.07, 6.45) is 5.32. The van der Waals surface area contributed by atoms with E-state index in [2.05, 4.69) is 30.2 Å². The van der Waals surface area contributed by atoms with Crippen molar-refractivity contribution in [3.63, 3.8) is 0 Å². The van der Waals surface area contributed by atoms with Crippen LogP contribution in [0, 0.1) is 0 Å². The molecule has 1 aliphatic rings. The lowest BCUT2D eigenvalue weighted by Crippen LogP contribution is -2.27. The maximum Gasteiger partial charge on any atom is 0.360 e. The molecular formula is C14H18N6O2. The van der Waals surface area contributed by atoms with Crippen molar-refractivity contribution >= 4 is 11.8 Å². The predicted octanol–water partition coefficient (Wildman–Crippen LogP) is 0.703. The molecule has 8 heteroatoms. The van der Waals surface area contributed by atoms with Crippen LogP contribution in [-0.2, 0) is 4.74 Å². The van der Waals surface area contributed by atoms with Gasteiger partial charge in [0.25, 0.3) is 0 Å². The largest absolute Gasteiger partial charge is 0.464 e. The van der Waals surface area contributed by atoms with Crippen molar-refractivity contribution in [2.45, 2.75) is 18.8 Å². The highest BCUT2D eigenvalue weighted by Gasteiger charge is 2.23. The SMILES string of the molecule is COC(=O)c1nc(-c2cn[nH]c2C2CCNCC2)cnc1N. The van der Waals surface area contributed by atoms with Crippen LogP contribution in [0.5, 0.6) is 0 Å². The van der Waals surface area contributed by atoms with E-state index >= 15 is 0 Å². The van der Waals surface area contributed by atoms with Gasteiger partial charge in [0.05, 0.1) is 25.2 Å². The summed E-state index contributed by atoms with van der Waals surface area (Å²) in [6, 6.07) is 0. The number of anilines is 1. The maximum atomic E-state index is 11.7. The first-order valence-electron chi connectivity index (χ1n) is 7.16. The third-order valence-corrected chi connectivity index (χ3v) is 3.87. The molecule has 0 unspecified atom stereocenters. The van der Waals surface area contributed by atoms with Gasteiger partial charge in [0.2, 0.25) is 0 Å². The summed E-state index contributed by atoms with van der Waals surface area (Å²) in [5, 5.41) is 10.5. The fourth-order valence-electron chi connectivity index (χ4n) is 2.70. The van der Waals surface area contributed by atoms with Crippen LogP contribution < -0.4 is 11.1 Å². The number of nitrogens with one attached hydrogen (secondary N) is 2. The number of rotatable bonds is 3. The molecule has 4 N–H and O–H groups in total. The average Bonchev–Trinajstić information content (AvgIpc) is 3.05. The summed E-state index contributed by atoms with van der Waals surface area (Å²) in [5.41, 5.74) is 8.16. The zero-order valence-corrected chi connectivity index (χ0v) is 12.3. The van der Waals surface area contributed by atoms with Crippen LogP contribution in [-0.4, -0.2) is 46.3 Å². The van der Waals surface area contributed by atoms with E-state index in [9.17, 15) is 4.79 Å². The third kappa shape index (κ3) is 2.64. The molecular weight excluding hydrogens is 284 g/mol. The van der Waals surface area contributed by atoms with Gasteiger partial charge in [-0.15, -0.1) is 0 Å². The van der Waals surface area contributed by atoms with Crippen molar-refractivity contribution in [3.8, 4) is 11.3 Å². The summed E-state index contributed by atoms with van der Waals surface area (Å²) in [7, 11) is 1.29. The topological polar surface area (TPSA) is 119 Å². The minimum absolute atomic E-state index is 0.0254. The monoisotopic (exact) mass is 302 g/mol. The predicted molar refractivity (Wildman–Crippen MR) is 80.2 cm³/mol. The van der Waals surface area contributed by atoms with Gasteiger partial charge in [-0.05, 0) is 25.9 Å². The number of nitrogens with two attached hydrogens (primary N) is 1. The van der Waals surface area contributed by atoms with E-state index in [4.69, 9.17) is 5.73 Å². The van der Waals surface area contributed by atoms with Crippen LogP contribution in [0.2, 0.25) is 0 Å². The smallest absolute Gasteiger partial charge is 0.360 e. The third-order valence-electron chi connectivity index (χ3n) is 3.87. The zero-order chi connectivity index (χ0) is 15.5. The number of esters is 1. The molecule has 0 radical (unpaired) electrons. The number of carbonyl (C=O) groups excluding carboxylic acids is 1. The Balaban J connectivity index is 1.98. The molecule has 1 fully saturated rings. The van der Waals surface area contributed by atoms with E-state index in [1.807, 2.05) is 0 Å². The molecule has 0 aliphatic carbocycles. The number of piperidine rings is 1. The Morgan fingerprint density at radius 1 is 1.36 bits per heavy atom. The molecule has 3 heterocycles. The average molecular weight is 302 g/mol. The maximum absolute atomic E-state index is 11.7. The Kier molecular flexibility index (Phi) is 4.01. The molecule has 2 aromatic heterocycles. The number of aromatic amines is 1. The molecule has 1 saturated heterocycles. The lowest BCUT2D eigenvalue weighted by Gasteiger charge is -2.22. The van der Waals surface area contributed by atoms with E-state index in [0.717, 1.165) is 37.2 Å². The molecule has 1 aliphatic heterocycles.